The van der Waals surface area contributed by atoms with Gasteiger partial charge in [-0.15, -0.1) is 0 Å². The second-order valence-corrected chi connectivity index (χ2v) is 5.57. The van der Waals surface area contributed by atoms with Crippen molar-refractivity contribution in [3.63, 3.8) is 0 Å². The van der Waals surface area contributed by atoms with Gasteiger partial charge in [-0.3, -0.25) is 0 Å². The Morgan fingerprint density at radius 3 is 2.57 bits per heavy atom. The van der Waals surface area contributed by atoms with Gasteiger partial charge in [-0.1, -0.05) is 23.8 Å². The molecule has 108 valence electrons. The Morgan fingerprint density at radius 1 is 1.05 bits per heavy atom. The van der Waals surface area contributed by atoms with Crippen LogP contribution in [0.4, 0.5) is 4.39 Å². The lowest BCUT2D eigenvalue weighted by Crippen LogP contribution is -2.13. The maximum atomic E-state index is 13.3. The fourth-order valence-electron chi connectivity index (χ4n) is 2.75. The van der Waals surface area contributed by atoms with Crippen molar-refractivity contribution in [3.8, 4) is 0 Å². The Kier molecular flexibility index (Phi) is 3.30. The summed E-state index contributed by atoms with van der Waals surface area (Å²) in [6, 6.07) is 10.4. The molecule has 0 saturated heterocycles. The van der Waals surface area contributed by atoms with Crippen LogP contribution in [0.1, 0.15) is 34.1 Å². The summed E-state index contributed by atoms with van der Waals surface area (Å²) in [7, 11) is 0. The molecule has 0 aliphatic rings. The Morgan fingerprint density at radius 2 is 1.81 bits per heavy atom. The van der Waals surface area contributed by atoms with E-state index in [9.17, 15) is 4.39 Å². The predicted octanol–water partition coefficient (Wildman–Crippen LogP) is 4.55. The van der Waals surface area contributed by atoms with Gasteiger partial charge in [0.05, 0.1) is 6.04 Å². The molecule has 0 amide bonds. The maximum Gasteiger partial charge on any atom is 0.137 e. The number of fused-ring (bicyclic) bond motifs is 1. The molecule has 0 saturated carbocycles. The predicted molar refractivity (Wildman–Crippen MR) is 82.9 cm³/mol. The summed E-state index contributed by atoms with van der Waals surface area (Å²) < 4.78 is 19.2. The van der Waals surface area contributed by atoms with Gasteiger partial charge in [-0.2, -0.15) is 0 Å². The number of nitrogens with two attached hydrogens (primary N) is 1. The first-order valence-electron chi connectivity index (χ1n) is 6.98. The minimum atomic E-state index is -0.347. The van der Waals surface area contributed by atoms with Crippen LogP contribution in [0.3, 0.4) is 0 Å². The molecule has 3 aromatic rings. The van der Waals surface area contributed by atoms with Crippen LogP contribution in [0, 0.1) is 26.6 Å². The lowest BCUT2D eigenvalue weighted by atomic mass is 9.96. The minimum Gasteiger partial charge on any atom is -0.459 e. The molecule has 3 rings (SSSR count). The van der Waals surface area contributed by atoms with Crippen LogP contribution in [0.5, 0.6) is 0 Å². The van der Waals surface area contributed by atoms with E-state index in [1.165, 1.54) is 12.1 Å². The van der Waals surface area contributed by atoms with Gasteiger partial charge >= 0.3 is 0 Å². The maximum absolute atomic E-state index is 13.3. The Balaban J connectivity index is 2.15. The monoisotopic (exact) mass is 283 g/mol. The lowest BCUT2D eigenvalue weighted by Gasteiger charge is -2.14. The van der Waals surface area contributed by atoms with Crippen molar-refractivity contribution in [2.75, 3.05) is 0 Å². The molecular formula is C18H18FNO. The van der Waals surface area contributed by atoms with E-state index in [0.717, 1.165) is 27.6 Å². The summed E-state index contributed by atoms with van der Waals surface area (Å²) in [4.78, 5) is 0. The summed E-state index contributed by atoms with van der Waals surface area (Å²) in [5.74, 6) is 0.396. The summed E-state index contributed by atoms with van der Waals surface area (Å²) in [6.45, 7) is 6.03. The van der Waals surface area contributed by atoms with Crippen molar-refractivity contribution in [3.05, 3.63) is 70.2 Å². The van der Waals surface area contributed by atoms with E-state index in [1.54, 1.807) is 6.07 Å². The molecule has 0 aliphatic heterocycles. The Hall–Kier alpha value is -2.13. The molecule has 1 atom stereocenters. The number of furan rings is 1. The number of hydrogen-bond donors (Lipinski definition) is 1. The molecule has 1 heterocycles. The number of hydrogen-bond acceptors (Lipinski definition) is 2. The molecule has 1 aromatic heterocycles. The minimum absolute atomic E-state index is 0.303. The molecule has 0 aliphatic carbocycles. The van der Waals surface area contributed by atoms with Crippen molar-refractivity contribution in [1.82, 2.24) is 0 Å². The Bertz CT molecular complexity index is 819. The van der Waals surface area contributed by atoms with E-state index in [2.05, 4.69) is 18.2 Å². The fraction of sp³-hybridized carbons (Fsp3) is 0.222. The van der Waals surface area contributed by atoms with E-state index in [1.807, 2.05) is 20.8 Å². The summed E-state index contributed by atoms with van der Waals surface area (Å²) in [6.07, 6.45) is 0. The van der Waals surface area contributed by atoms with Crippen molar-refractivity contribution >= 4 is 11.0 Å². The van der Waals surface area contributed by atoms with Gasteiger partial charge in [0.15, 0.2) is 0 Å². The third kappa shape index (κ3) is 2.34. The average Bonchev–Trinajstić information content (AvgIpc) is 2.77. The number of rotatable bonds is 2. The fourth-order valence-corrected chi connectivity index (χ4v) is 2.75. The van der Waals surface area contributed by atoms with Crippen molar-refractivity contribution in [2.45, 2.75) is 26.8 Å². The number of halogens is 1. The van der Waals surface area contributed by atoms with Gasteiger partial charge in [0, 0.05) is 17.0 Å². The van der Waals surface area contributed by atoms with Gasteiger partial charge < -0.3 is 10.2 Å². The zero-order valence-corrected chi connectivity index (χ0v) is 12.4. The molecule has 0 bridgehead atoms. The van der Waals surface area contributed by atoms with Crippen LogP contribution in [-0.4, -0.2) is 0 Å². The topological polar surface area (TPSA) is 39.2 Å². The van der Waals surface area contributed by atoms with Crippen molar-refractivity contribution < 1.29 is 8.81 Å². The number of aryl methyl sites for hydroxylation is 3. The highest BCUT2D eigenvalue weighted by Gasteiger charge is 2.20. The molecule has 2 nitrogen and oxygen atoms in total. The highest BCUT2D eigenvalue weighted by molar-refractivity contribution is 5.82. The van der Waals surface area contributed by atoms with Gasteiger partial charge in [-0.05, 0) is 44.0 Å². The third-order valence-corrected chi connectivity index (χ3v) is 3.99. The van der Waals surface area contributed by atoms with Gasteiger partial charge in [0.25, 0.3) is 0 Å². The zero-order chi connectivity index (χ0) is 15.1. The SMILES string of the molecule is Cc1ccc(C)c(C(N)c2oc3cc(F)ccc3c2C)c1. The van der Waals surface area contributed by atoms with E-state index in [0.29, 0.717) is 11.3 Å². The molecule has 2 N–H and O–H groups in total. The normalized spacial score (nSPS) is 12.8. The molecule has 1 unspecified atom stereocenters. The summed E-state index contributed by atoms with van der Waals surface area (Å²) in [5.41, 5.74) is 11.2. The molecule has 0 spiro atoms. The van der Waals surface area contributed by atoms with Gasteiger partial charge in [0.1, 0.15) is 17.2 Å². The first-order valence-corrected chi connectivity index (χ1v) is 6.98. The van der Waals surface area contributed by atoms with Gasteiger partial charge in [0.2, 0.25) is 0 Å². The van der Waals surface area contributed by atoms with Crippen LogP contribution in [0.15, 0.2) is 40.8 Å². The highest BCUT2D eigenvalue weighted by Crippen LogP contribution is 2.33. The highest BCUT2D eigenvalue weighted by atomic mass is 19.1. The van der Waals surface area contributed by atoms with Crippen LogP contribution < -0.4 is 5.73 Å². The smallest absolute Gasteiger partial charge is 0.137 e. The van der Waals surface area contributed by atoms with E-state index in [-0.39, 0.29) is 11.9 Å². The first-order chi connectivity index (χ1) is 9.97. The zero-order valence-electron chi connectivity index (χ0n) is 12.4. The van der Waals surface area contributed by atoms with Crippen LogP contribution >= 0.6 is 0 Å². The molecule has 0 fully saturated rings. The van der Waals surface area contributed by atoms with E-state index in [4.69, 9.17) is 10.2 Å². The standard InChI is InChI=1S/C18H18FNO/c1-10-4-5-11(2)15(8-10)17(20)18-12(3)14-7-6-13(19)9-16(14)21-18/h4-9,17H,20H2,1-3H3. The third-order valence-electron chi connectivity index (χ3n) is 3.99. The van der Waals surface area contributed by atoms with Crippen LogP contribution in [0.2, 0.25) is 0 Å². The second kappa shape index (κ2) is 5.01. The molecule has 2 aromatic carbocycles. The van der Waals surface area contributed by atoms with E-state index >= 15 is 0 Å². The second-order valence-electron chi connectivity index (χ2n) is 5.57. The molecule has 0 radical (unpaired) electrons. The summed E-state index contributed by atoms with van der Waals surface area (Å²) >= 11 is 0. The van der Waals surface area contributed by atoms with Crippen molar-refractivity contribution in [1.29, 1.82) is 0 Å². The molecular weight excluding hydrogens is 265 g/mol. The van der Waals surface area contributed by atoms with Gasteiger partial charge in [-0.25, -0.2) is 4.39 Å². The average molecular weight is 283 g/mol. The summed E-state index contributed by atoms with van der Waals surface area (Å²) in [5, 5.41) is 0.909. The Labute approximate surface area is 123 Å². The lowest BCUT2D eigenvalue weighted by molar-refractivity contribution is 0.517. The largest absolute Gasteiger partial charge is 0.459 e. The first kappa shape index (κ1) is 13.8. The van der Waals surface area contributed by atoms with Crippen LogP contribution in [-0.2, 0) is 0 Å². The number of benzene rings is 2. The van der Waals surface area contributed by atoms with E-state index < -0.39 is 0 Å². The van der Waals surface area contributed by atoms with Crippen molar-refractivity contribution in [2.24, 2.45) is 5.73 Å². The quantitative estimate of drug-likeness (QED) is 0.749. The molecule has 21 heavy (non-hydrogen) atoms. The van der Waals surface area contributed by atoms with Crippen LogP contribution in [0.25, 0.3) is 11.0 Å². The molecule has 3 heteroatoms.